The van der Waals surface area contributed by atoms with Gasteiger partial charge in [0.1, 0.15) is 0 Å². The molecule has 2 fully saturated rings. The predicted molar refractivity (Wildman–Crippen MR) is 60.3 cm³/mol. The molecule has 0 aromatic rings. The van der Waals surface area contributed by atoms with E-state index >= 15 is 0 Å². The fourth-order valence-electron chi connectivity index (χ4n) is 3.30. The second-order valence-electron chi connectivity index (χ2n) is 5.00. The third kappa shape index (κ3) is 2.51. The number of nitrogens with two attached hydrogens (primary N) is 1. The number of nitrogens with one attached hydrogen (secondary N) is 1. The molecule has 2 aliphatic rings. The molecule has 1 heterocycles. The fraction of sp³-hybridized carbons (Fsp3) is 0.917. The Morgan fingerprint density at radius 1 is 1.33 bits per heavy atom. The van der Waals surface area contributed by atoms with Crippen LogP contribution in [0.25, 0.3) is 0 Å². The zero-order valence-corrected chi connectivity index (χ0v) is 9.37. The van der Waals surface area contributed by atoms with Crippen LogP contribution in [0.2, 0.25) is 0 Å². The predicted octanol–water partition coefficient (Wildman–Crippen LogP) is 1.42. The summed E-state index contributed by atoms with van der Waals surface area (Å²) in [4.78, 5) is 11.2. The average Bonchev–Trinajstić information content (AvgIpc) is 2.85. The van der Waals surface area contributed by atoms with E-state index in [1.807, 2.05) is 0 Å². The Bertz CT molecular complexity index is 224. The van der Waals surface area contributed by atoms with Crippen LogP contribution in [0.5, 0.6) is 0 Å². The van der Waals surface area contributed by atoms with Crippen molar-refractivity contribution >= 4 is 5.91 Å². The van der Waals surface area contributed by atoms with Crippen LogP contribution in [0.1, 0.15) is 44.9 Å². The van der Waals surface area contributed by atoms with Gasteiger partial charge in [-0.1, -0.05) is 25.7 Å². The van der Waals surface area contributed by atoms with E-state index in [4.69, 9.17) is 5.73 Å². The number of carbonyl (C=O) groups excluding carboxylic acids is 1. The fourth-order valence-corrected chi connectivity index (χ4v) is 3.30. The molecular weight excluding hydrogens is 188 g/mol. The lowest BCUT2D eigenvalue weighted by atomic mass is 9.82. The largest absolute Gasteiger partial charge is 0.353 e. The van der Waals surface area contributed by atoms with Crippen molar-refractivity contribution in [3.63, 3.8) is 0 Å². The van der Waals surface area contributed by atoms with Crippen molar-refractivity contribution in [2.75, 3.05) is 6.54 Å². The quantitative estimate of drug-likeness (QED) is 0.737. The molecule has 2 unspecified atom stereocenters. The van der Waals surface area contributed by atoms with E-state index in [0.29, 0.717) is 12.0 Å². The first kappa shape index (κ1) is 10.9. The smallest absolute Gasteiger partial charge is 0.220 e. The van der Waals surface area contributed by atoms with Gasteiger partial charge in [0, 0.05) is 12.5 Å². The molecule has 1 aliphatic carbocycles. The topological polar surface area (TPSA) is 55.1 Å². The Labute approximate surface area is 91.8 Å². The molecule has 0 bridgehead atoms. The number of amides is 1. The molecular formula is C12H22N2O. The van der Waals surface area contributed by atoms with Crippen molar-refractivity contribution in [1.29, 1.82) is 0 Å². The van der Waals surface area contributed by atoms with Gasteiger partial charge in [-0.05, 0) is 31.2 Å². The van der Waals surface area contributed by atoms with E-state index in [-0.39, 0.29) is 5.91 Å². The van der Waals surface area contributed by atoms with E-state index < -0.39 is 0 Å². The van der Waals surface area contributed by atoms with Gasteiger partial charge in [0.2, 0.25) is 5.91 Å². The van der Waals surface area contributed by atoms with E-state index in [1.54, 1.807) is 0 Å². The molecule has 3 N–H and O–H groups in total. The van der Waals surface area contributed by atoms with Gasteiger partial charge < -0.3 is 11.1 Å². The summed E-state index contributed by atoms with van der Waals surface area (Å²) < 4.78 is 0. The Kier molecular flexibility index (Phi) is 3.62. The minimum absolute atomic E-state index is 0.236. The molecule has 0 aromatic heterocycles. The number of carbonyl (C=O) groups is 1. The van der Waals surface area contributed by atoms with Crippen molar-refractivity contribution in [3.8, 4) is 0 Å². The number of rotatable bonds is 4. The molecule has 2 atom stereocenters. The van der Waals surface area contributed by atoms with Crippen LogP contribution in [0.4, 0.5) is 0 Å². The molecule has 2 rings (SSSR count). The summed E-state index contributed by atoms with van der Waals surface area (Å²) in [6.07, 6.45) is 8.25. The molecule has 86 valence electrons. The SMILES string of the molecule is NCCC(C1CCCC1)C1CCC(=O)N1. The van der Waals surface area contributed by atoms with Crippen molar-refractivity contribution < 1.29 is 4.79 Å². The Balaban J connectivity index is 1.95. The Hall–Kier alpha value is -0.570. The lowest BCUT2D eigenvalue weighted by Gasteiger charge is -2.28. The van der Waals surface area contributed by atoms with E-state index in [2.05, 4.69) is 5.32 Å². The van der Waals surface area contributed by atoms with Crippen LogP contribution in [-0.4, -0.2) is 18.5 Å². The average molecular weight is 210 g/mol. The summed E-state index contributed by atoms with van der Waals surface area (Å²) in [5, 5.41) is 3.12. The molecule has 1 saturated carbocycles. The highest BCUT2D eigenvalue weighted by Crippen LogP contribution is 2.36. The van der Waals surface area contributed by atoms with Crippen LogP contribution in [0.3, 0.4) is 0 Å². The molecule has 3 heteroatoms. The minimum atomic E-state index is 0.236. The molecule has 0 radical (unpaired) electrons. The standard InChI is InChI=1S/C12H22N2O/c13-8-7-10(9-3-1-2-4-9)11-5-6-12(15)14-11/h9-11H,1-8,13H2,(H,14,15). The number of hydrogen-bond donors (Lipinski definition) is 2. The normalized spacial score (nSPS) is 29.4. The highest BCUT2D eigenvalue weighted by atomic mass is 16.1. The zero-order chi connectivity index (χ0) is 10.7. The highest BCUT2D eigenvalue weighted by Gasteiger charge is 2.34. The first-order valence-corrected chi connectivity index (χ1v) is 6.30. The Morgan fingerprint density at radius 2 is 2.07 bits per heavy atom. The summed E-state index contributed by atoms with van der Waals surface area (Å²) in [6.45, 7) is 0.757. The Morgan fingerprint density at radius 3 is 2.60 bits per heavy atom. The van der Waals surface area contributed by atoms with E-state index in [9.17, 15) is 4.79 Å². The van der Waals surface area contributed by atoms with Crippen molar-refractivity contribution in [1.82, 2.24) is 5.32 Å². The minimum Gasteiger partial charge on any atom is -0.353 e. The third-order valence-corrected chi connectivity index (χ3v) is 4.05. The van der Waals surface area contributed by atoms with Crippen LogP contribution >= 0.6 is 0 Å². The lowest BCUT2D eigenvalue weighted by molar-refractivity contribution is -0.119. The molecule has 1 amide bonds. The molecule has 1 saturated heterocycles. The van der Waals surface area contributed by atoms with E-state index in [0.717, 1.165) is 31.7 Å². The maximum absolute atomic E-state index is 11.2. The van der Waals surface area contributed by atoms with Crippen LogP contribution in [-0.2, 0) is 4.79 Å². The van der Waals surface area contributed by atoms with Crippen LogP contribution in [0, 0.1) is 11.8 Å². The van der Waals surface area contributed by atoms with Crippen LogP contribution < -0.4 is 11.1 Å². The van der Waals surface area contributed by atoms with Crippen molar-refractivity contribution in [2.24, 2.45) is 17.6 Å². The summed E-state index contributed by atoms with van der Waals surface area (Å²) in [7, 11) is 0. The molecule has 0 spiro atoms. The van der Waals surface area contributed by atoms with Gasteiger partial charge in [-0.25, -0.2) is 0 Å². The van der Waals surface area contributed by atoms with Gasteiger partial charge in [-0.15, -0.1) is 0 Å². The lowest BCUT2D eigenvalue weighted by Crippen LogP contribution is -2.37. The van der Waals surface area contributed by atoms with Gasteiger partial charge in [0.25, 0.3) is 0 Å². The summed E-state index contributed by atoms with van der Waals surface area (Å²) >= 11 is 0. The maximum atomic E-state index is 11.2. The van der Waals surface area contributed by atoms with Gasteiger partial charge in [0.15, 0.2) is 0 Å². The molecule has 1 aliphatic heterocycles. The van der Waals surface area contributed by atoms with Gasteiger partial charge in [-0.2, -0.15) is 0 Å². The van der Waals surface area contributed by atoms with Crippen molar-refractivity contribution in [3.05, 3.63) is 0 Å². The third-order valence-electron chi connectivity index (χ3n) is 4.05. The summed E-state index contributed by atoms with van der Waals surface area (Å²) in [5.41, 5.74) is 5.69. The second kappa shape index (κ2) is 4.97. The summed E-state index contributed by atoms with van der Waals surface area (Å²) in [6, 6.07) is 0.421. The molecule has 15 heavy (non-hydrogen) atoms. The second-order valence-corrected chi connectivity index (χ2v) is 5.00. The van der Waals surface area contributed by atoms with E-state index in [1.165, 1.54) is 25.7 Å². The first-order chi connectivity index (χ1) is 7.31. The van der Waals surface area contributed by atoms with Gasteiger partial charge in [0.05, 0.1) is 0 Å². The monoisotopic (exact) mass is 210 g/mol. The van der Waals surface area contributed by atoms with Crippen LogP contribution in [0.15, 0.2) is 0 Å². The van der Waals surface area contributed by atoms with Gasteiger partial charge in [-0.3, -0.25) is 4.79 Å². The maximum Gasteiger partial charge on any atom is 0.220 e. The summed E-state index contributed by atoms with van der Waals surface area (Å²) in [5.74, 6) is 1.70. The molecule has 3 nitrogen and oxygen atoms in total. The molecule has 0 aromatic carbocycles. The highest BCUT2D eigenvalue weighted by molar-refractivity contribution is 5.78. The zero-order valence-electron chi connectivity index (χ0n) is 9.37. The van der Waals surface area contributed by atoms with Crippen molar-refractivity contribution in [2.45, 2.75) is 51.0 Å². The van der Waals surface area contributed by atoms with Gasteiger partial charge >= 0.3 is 0 Å². The first-order valence-electron chi connectivity index (χ1n) is 6.30. The number of hydrogen-bond acceptors (Lipinski definition) is 2.